The minimum Gasteiger partial charge on any atom is -0.393 e. The second-order valence-corrected chi connectivity index (χ2v) is 8.31. The lowest BCUT2D eigenvalue weighted by molar-refractivity contribution is 0.120. The zero-order chi connectivity index (χ0) is 17.6. The van der Waals surface area contributed by atoms with E-state index < -0.39 is 0 Å². The fourth-order valence-corrected chi connectivity index (χ4v) is 4.61. The van der Waals surface area contributed by atoms with E-state index in [9.17, 15) is 5.11 Å². The lowest BCUT2D eigenvalue weighted by atomic mass is 9.93. The van der Waals surface area contributed by atoms with E-state index in [0.717, 1.165) is 57.8 Å². The van der Waals surface area contributed by atoms with Crippen LogP contribution in [0.3, 0.4) is 0 Å². The molecule has 3 rings (SSSR count). The average Bonchev–Trinajstić information content (AvgIpc) is 3.09. The normalized spacial score (nSPS) is 26.1. The third-order valence-electron chi connectivity index (χ3n) is 5.36. The number of rotatable bonds is 5. The number of nitrogens with zero attached hydrogens (tertiary/aromatic N) is 2. The summed E-state index contributed by atoms with van der Waals surface area (Å²) in [4.78, 5) is 8.94. The number of guanidine groups is 1. The van der Waals surface area contributed by atoms with Crippen molar-refractivity contribution in [3.8, 4) is 0 Å². The highest BCUT2D eigenvalue weighted by molar-refractivity contribution is 7.10. The SMILES string of the molecule is CCNC(=NCC(C)N1CCc2sccc2C1)NC1CCC(O)CC1. The van der Waals surface area contributed by atoms with Gasteiger partial charge in [0.2, 0.25) is 0 Å². The number of aliphatic hydroxyl groups excluding tert-OH is 1. The lowest BCUT2D eigenvalue weighted by Gasteiger charge is -2.32. The van der Waals surface area contributed by atoms with E-state index in [1.807, 2.05) is 11.3 Å². The van der Waals surface area contributed by atoms with Crippen molar-refractivity contribution in [3.05, 3.63) is 21.9 Å². The molecule has 3 N–H and O–H groups in total. The minimum absolute atomic E-state index is 0.112. The summed E-state index contributed by atoms with van der Waals surface area (Å²) in [5.41, 5.74) is 1.50. The smallest absolute Gasteiger partial charge is 0.191 e. The van der Waals surface area contributed by atoms with Crippen molar-refractivity contribution < 1.29 is 5.11 Å². The van der Waals surface area contributed by atoms with Crippen molar-refractivity contribution in [2.24, 2.45) is 4.99 Å². The third kappa shape index (κ3) is 5.19. The van der Waals surface area contributed by atoms with Gasteiger partial charge in [-0.25, -0.2) is 0 Å². The highest BCUT2D eigenvalue weighted by atomic mass is 32.1. The van der Waals surface area contributed by atoms with Crippen LogP contribution in [-0.2, 0) is 13.0 Å². The molecule has 1 atom stereocenters. The van der Waals surface area contributed by atoms with Gasteiger partial charge in [0.15, 0.2) is 5.96 Å². The number of thiophene rings is 1. The number of aliphatic hydroxyl groups is 1. The Bertz CT molecular complexity index is 566. The summed E-state index contributed by atoms with van der Waals surface area (Å²) in [6, 6.07) is 3.14. The van der Waals surface area contributed by atoms with E-state index in [0.29, 0.717) is 12.1 Å². The first-order valence-corrected chi connectivity index (χ1v) is 10.6. The van der Waals surface area contributed by atoms with Crippen LogP contribution in [-0.4, -0.2) is 53.8 Å². The monoisotopic (exact) mass is 364 g/mol. The molecule has 1 aliphatic carbocycles. The van der Waals surface area contributed by atoms with Crippen molar-refractivity contribution >= 4 is 17.3 Å². The summed E-state index contributed by atoms with van der Waals surface area (Å²) >= 11 is 1.89. The maximum Gasteiger partial charge on any atom is 0.191 e. The van der Waals surface area contributed by atoms with Crippen LogP contribution in [0.25, 0.3) is 0 Å². The van der Waals surface area contributed by atoms with E-state index in [4.69, 9.17) is 4.99 Å². The first-order valence-electron chi connectivity index (χ1n) is 9.68. The molecule has 25 heavy (non-hydrogen) atoms. The number of nitrogens with one attached hydrogen (secondary N) is 2. The molecule has 0 radical (unpaired) electrons. The Kier molecular flexibility index (Phi) is 6.73. The van der Waals surface area contributed by atoms with Crippen LogP contribution in [0.1, 0.15) is 50.0 Å². The molecular formula is C19H32N4OS. The Hall–Kier alpha value is -1.11. The van der Waals surface area contributed by atoms with E-state index in [1.165, 1.54) is 12.0 Å². The first-order chi connectivity index (χ1) is 12.2. The Morgan fingerprint density at radius 2 is 2.20 bits per heavy atom. The van der Waals surface area contributed by atoms with Crippen LogP contribution in [0.5, 0.6) is 0 Å². The van der Waals surface area contributed by atoms with Crippen molar-refractivity contribution in [2.45, 2.75) is 70.7 Å². The van der Waals surface area contributed by atoms with Gasteiger partial charge in [0, 0.05) is 36.6 Å². The molecule has 1 aliphatic heterocycles. The van der Waals surface area contributed by atoms with Crippen molar-refractivity contribution in [3.63, 3.8) is 0 Å². The molecule has 6 heteroatoms. The van der Waals surface area contributed by atoms with Gasteiger partial charge in [-0.05, 0) is 63.0 Å². The molecule has 1 unspecified atom stereocenters. The van der Waals surface area contributed by atoms with E-state index in [-0.39, 0.29) is 6.10 Å². The zero-order valence-electron chi connectivity index (χ0n) is 15.5. The topological polar surface area (TPSA) is 59.9 Å². The van der Waals surface area contributed by atoms with E-state index in [2.05, 4.69) is 40.8 Å². The van der Waals surface area contributed by atoms with Gasteiger partial charge in [0.05, 0.1) is 12.6 Å². The van der Waals surface area contributed by atoms with Crippen LogP contribution in [0.2, 0.25) is 0 Å². The summed E-state index contributed by atoms with van der Waals surface area (Å²) in [6.07, 6.45) is 4.89. The minimum atomic E-state index is -0.112. The van der Waals surface area contributed by atoms with E-state index >= 15 is 0 Å². The van der Waals surface area contributed by atoms with Crippen LogP contribution < -0.4 is 10.6 Å². The molecule has 1 saturated carbocycles. The van der Waals surface area contributed by atoms with Crippen molar-refractivity contribution in [1.29, 1.82) is 0 Å². The number of aliphatic imine (C=N–C) groups is 1. The molecule has 2 heterocycles. The van der Waals surface area contributed by atoms with E-state index in [1.54, 1.807) is 4.88 Å². The molecule has 0 amide bonds. The Balaban J connectivity index is 1.52. The summed E-state index contributed by atoms with van der Waals surface area (Å²) in [7, 11) is 0. The molecule has 0 aromatic carbocycles. The van der Waals surface area contributed by atoms with Crippen LogP contribution in [0.4, 0.5) is 0 Å². The first kappa shape index (κ1) is 18.7. The van der Waals surface area contributed by atoms with Gasteiger partial charge in [0.25, 0.3) is 0 Å². The van der Waals surface area contributed by atoms with Crippen LogP contribution in [0, 0.1) is 0 Å². The van der Waals surface area contributed by atoms with Gasteiger partial charge in [-0.2, -0.15) is 0 Å². The molecular weight excluding hydrogens is 332 g/mol. The Morgan fingerprint density at radius 1 is 1.40 bits per heavy atom. The number of hydrogen-bond acceptors (Lipinski definition) is 4. The third-order valence-corrected chi connectivity index (χ3v) is 6.38. The van der Waals surface area contributed by atoms with Crippen molar-refractivity contribution in [2.75, 3.05) is 19.6 Å². The predicted molar refractivity (Wildman–Crippen MR) is 105 cm³/mol. The highest BCUT2D eigenvalue weighted by Crippen LogP contribution is 2.25. The fraction of sp³-hybridized carbons (Fsp3) is 0.737. The van der Waals surface area contributed by atoms with Crippen LogP contribution >= 0.6 is 11.3 Å². The molecule has 1 aromatic heterocycles. The Labute approximate surface area is 155 Å². The number of hydrogen-bond donors (Lipinski definition) is 3. The fourth-order valence-electron chi connectivity index (χ4n) is 3.72. The summed E-state index contributed by atoms with van der Waals surface area (Å²) in [5, 5.41) is 18.8. The molecule has 5 nitrogen and oxygen atoms in total. The summed E-state index contributed by atoms with van der Waals surface area (Å²) in [5.74, 6) is 0.920. The molecule has 0 spiro atoms. The zero-order valence-corrected chi connectivity index (χ0v) is 16.3. The van der Waals surface area contributed by atoms with Gasteiger partial charge in [-0.3, -0.25) is 9.89 Å². The summed E-state index contributed by atoms with van der Waals surface area (Å²) < 4.78 is 0. The molecule has 1 fully saturated rings. The maximum absolute atomic E-state index is 9.66. The largest absolute Gasteiger partial charge is 0.393 e. The van der Waals surface area contributed by atoms with Crippen LogP contribution in [0.15, 0.2) is 16.4 Å². The van der Waals surface area contributed by atoms with Gasteiger partial charge >= 0.3 is 0 Å². The van der Waals surface area contributed by atoms with Gasteiger partial charge in [-0.15, -0.1) is 11.3 Å². The maximum atomic E-state index is 9.66. The lowest BCUT2D eigenvalue weighted by Crippen LogP contribution is -2.46. The summed E-state index contributed by atoms with van der Waals surface area (Å²) in [6.45, 7) is 8.26. The van der Waals surface area contributed by atoms with Gasteiger partial charge in [-0.1, -0.05) is 0 Å². The molecule has 1 aromatic rings. The molecule has 0 saturated heterocycles. The molecule has 2 aliphatic rings. The van der Waals surface area contributed by atoms with Crippen molar-refractivity contribution in [1.82, 2.24) is 15.5 Å². The number of fused-ring (bicyclic) bond motifs is 1. The second-order valence-electron chi connectivity index (χ2n) is 7.31. The predicted octanol–water partition coefficient (Wildman–Crippen LogP) is 2.35. The quantitative estimate of drug-likeness (QED) is 0.554. The molecule has 140 valence electrons. The Morgan fingerprint density at radius 3 is 2.96 bits per heavy atom. The standard InChI is InChI=1S/C19H32N4OS/c1-3-20-19(22-16-4-6-17(24)7-5-16)21-12-14(2)23-10-8-18-15(13-23)9-11-25-18/h9,11,14,16-17,24H,3-8,10,12-13H2,1-2H3,(H2,20,21,22). The highest BCUT2D eigenvalue weighted by Gasteiger charge is 2.22. The average molecular weight is 365 g/mol. The van der Waals surface area contributed by atoms with Gasteiger partial charge in [0.1, 0.15) is 0 Å². The van der Waals surface area contributed by atoms with Gasteiger partial charge < -0.3 is 15.7 Å². The second kappa shape index (κ2) is 9.01. The molecule has 0 bridgehead atoms.